The number of carbonyl (C=O) groups excluding carboxylic acids is 1. The van der Waals surface area contributed by atoms with Crippen LogP contribution in [0.5, 0.6) is 5.75 Å². The molecule has 1 fully saturated rings. The Balaban J connectivity index is 1.66. The Labute approximate surface area is 187 Å². The van der Waals surface area contributed by atoms with Gasteiger partial charge in [-0.25, -0.2) is 8.42 Å². The molecule has 2 aromatic carbocycles. The zero-order valence-electron chi connectivity index (χ0n) is 17.6. The number of carbonyl (C=O) groups is 1. The Bertz CT molecular complexity index is 1190. The Hall–Kier alpha value is -3.59. The number of hydrogen-bond acceptors (Lipinski definition) is 6. The van der Waals surface area contributed by atoms with Crippen molar-refractivity contribution in [2.24, 2.45) is 0 Å². The van der Waals surface area contributed by atoms with Crippen molar-refractivity contribution in [3.05, 3.63) is 72.6 Å². The van der Waals surface area contributed by atoms with Crippen LogP contribution in [0, 0.1) is 0 Å². The van der Waals surface area contributed by atoms with Gasteiger partial charge < -0.3 is 15.0 Å². The van der Waals surface area contributed by atoms with Crippen molar-refractivity contribution >= 4 is 33.0 Å². The number of anilines is 3. The van der Waals surface area contributed by atoms with Gasteiger partial charge in [-0.1, -0.05) is 0 Å². The van der Waals surface area contributed by atoms with Crippen molar-refractivity contribution in [1.82, 2.24) is 4.98 Å². The summed E-state index contributed by atoms with van der Waals surface area (Å²) in [6, 6.07) is 14.8. The van der Waals surface area contributed by atoms with Gasteiger partial charge in [-0.2, -0.15) is 0 Å². The number of ether oxygens (including phenoxy) is 1. The summed E-state index contributed by atoms with van der Waals surface area (Å²) >= 11 is 0. The first-order valence-corrected chi connectivity index (χ1v) is 11.7. The Morgan fingerprint density at radius 2 is 1.62 bits per heavy atom. The average molecular weight is 453 g/mol. The smallest absolute Gasteiger partial charge is 0.264 e. The molecule has 1 aromatic heterocycles. The lowest BCUT2D eigenvalue weighted by Gasteiger charge is -2.22. The van der Waals surface area contributed by atoms with Crippen LogP contribution in [-0.4, -0.2) is 39.5 Å². The third-order valence-corrected chi connectivity index (χ3v) is 6.65. The number of aromatic nitrogens is 1. The van der Waals surface area contributed by atoms with Gasteiger partial charge in [0.2, 0.25) is 0 Å². The van der Waals surface area contributed by atoms with Crippen LogP contribution in [0.2, 0.25) is 0 Å². The van der Waals surface area contributed by atoms with Gasteiger partial charge in [0.25, 0.3) is 15.9 Å². The predicted octanol–water partition coefficient (Wildman–Crippen LogP) is 3.74. The lowest BCUT2D eigenvalue weighted by Crippen LogP contribution is -2.23. The molecule has 32 heavy (non-hydrogen) atoms. The highest BCUT2D eigenvalue weighted by Crippen LogP contribution is 2.32. The maximum atomic E-state index is 13.4. The SMILES string of the molecule is COc1ccc(NS(=O)(=O)c2cc(NC(=O)c3ccncc3)ccc2N2CCCC2)cc1. The highest BCUT2D eigenvalue weighted by molar-refractivity contribution is 7.92. The molecule has 1 saturated heterocycles. The van der Waals surface area contributed by atoms with Gasteiger partial charge in [-0.15, -0.1) is 0 Å². The quantitative estimate of drug-likeness (QED) is 0.566. The van der Waals surface area contributed by atoms with E-state index in [4.69, 9.17) is 4.74 Å². The lowest BCUT2D eigenvalue weighted by molar-refractivity contribution is 0.102. The van der Waals surface area contributed by atoms with Gasteiger partial charge in [0.1, 0.15) is 10.6 Å². The van der Waals surface area contributed by atoms with Crippen molar-refractivity contribution < 1.29 is 17.9 Å². The number of hydrogen-bond donors (Lipinski definition) is 2. The minimum Gasteiger partial charge on any atom is -0.497 e. The van der Waals surface area contributed by atoms with Gasteiger partial charge in [-0.3, -0.25) is 14.5 Å². The average Bonchev–Trinajstić information content (AvgIpc) is 3.35. The van der Waals surface area contributed by atoms with Crippen LogP contribution in [0.25, 0.3) is 0 Å². The number of nitrogens with one attached hydrogen (secondary N) is 2. The number of nitrogens with zero attached hydrogens (tertiary/aromatic N) is 2. The highest BCUT2D eigenvalue weighted by atomic mass is 32.2. The third-order valence-electron chi connectivity index (χ3n) is 5.24. The maximum absolute atomic E-state index is 13.4. The Kier molecular flexibility index (Phi) is 6.27. The van der Waals surface area contributed by atoms with Crippen molar-refractivity contribution in [3.63, 3.8) is 0 Å². The molecule has 0 aliphatic carbocycles. The number of sulfonamides is 1. The minimum absolute atomic E-state index is 0.114. The predicted molar refractivity (Wildman–Crippen MR) is 124 cm³/mol. The van der Waals surface area contributed by atoms with Crippen molar-refractivity contribution in [2.75, 3.05) is 35.1 Å². The molecule has 0 saturated carbocycles. The number of amides is 1. The summed E-state index contributed by atoms with van der Waals surface area (Å²) in [5.74, 6) is 0.291. The fourth-order valence-corrected chi connectivity index (χ4v) is 4.91. The van der Waals surface area contributed by atoms with E-state index in [1.807, 2.05) is 0 Å². The van der Waals surface area contributed by atoms with Crippen LogP contribution < -0.4 is 19.7 Å². The van der Waals surface area contributed by atoms with Gasteiger partial charge in [0.15, 0.2) is 0 Å². The fourth-order valence-electron chi connectivity index (χ4n) is 3.60. The molecule has 0 atom stereocenters. The first kappa shape index (κ1) is 21.6. The van der Waals surface area contributed by atoms with E-state index in [0.29, 0.717) is 28.4 Å². The lowest BCUT2D eigenvalue weighted by atomic mass is 10.2. The summed E-state index contributed by atoms with van der Waals surface area (Å²) in [6.45, 7) is 1.57. The molecule has 0 bridgehead atoms. The van der Waals surface area contributed by atoms with Crippen LogP contribution >= 0.6 is 0 Å². The van der Waals surface area contributed by atoms with Crippen molar-refractivity contribution in [1.29, 1.82) is 0 Å². The van der Waals surface area contributed by atoms with Crippen molar-refractivity contribution in [3.8, 4) is 5.75 Å². The minimum atomic E-state index is -3.92. The largest absolute Gasteiger partial charge is 0.497 e. The summed E-state index contributed by atoms with van der Waals surface area (Å²) in [7, 11) is -2.37. The van der Waals surface area contributed by atoms with Gasteiger partial charge >= 0.3 is 0 Å². The number of benzene rings is 2. The second-order valence-corrected chi connectivity index (χ2v) is 9.05. The third kappa shape index (κ3) is 4.83. The molecule has 0 radical (unpaired) electrons. The molecule has 0 unspecified atom stereocenters. The Morgan fingerprint density at radius 1 is 0.969 bits per heavy atom. The number of pyridine rings is 1. The topological polar surface area (TPSA) is 101 Å². The zero-order chi connectivity index (χ0) is 22.6. The first-order valence-electron chi connectivity index (χ1n) is 10.2. The van der Waals surface area contributed by atoms with Crippen molar-refractivity contribution in [2.45, 2.75) is 17.7 Å². The fraction of sp³-hybridized carbons (Fsp3) is 0.217. The van der Waals surface area contributed by atoms with E-state index in [0.717, 1.165) is 25.9 Å². The van der Waals surface area contributed by atoms with E-state index < -0.39 is 10.0 Å². The molecule has 8 nitrogen and oxygen atoms in total. The summed E-state index contributed by atoms with van der Waals surface area (Å²) in [5, 5.41) is 2.77. The van der Waals surface area contributed by atoms with E-state index in [1.165, 1.54) is 18.5 Å². The molecule has 4 rings (SSSR count). The van der Waals surface area contributed by atoms with Gasteiger partial charge in [-0.05, 0) is 67.4 Å². The van der Waals surface area contributed by atoms with Crippen LogP contribution in [0.4, 0.5) is 17.1 Å². The molecule has 1 aliphatic rings. The summed E-state index contributed by atoms with van der Waals surface area (Å²) in [4.78, 5) is 18.6. The van der Waals surface area contributed by atoms with E-state index in [9.17, 15) is 13.2 Å². The monoisotopic (exact) mass is 452 g/mol. The molecule has 1 amide bonds. The van der Waals surface area contributed by atoms with E-state index in [-0.39, 0.29) is 10.8 Å². The number of methoxy groups -OCH3 is 1. The van der Waals surface area contributed by atoms with Gasteiger partial charge in [0.05, 0.1) is 12.8 Å². The van der Waals surface area contributed by atoms with E-state index in [1.54, 1.807) is 55.6 Å². The van der Waals surface area contributed by atoms with E-state index >= 15 is 0 Å². The van der Waals surface area contributed by atoms with E-state index in [2.05, 4.69) is 19.9 Å². The molecule has 3 aromatic rings. The highest BCUT2D eigenvalue weighted by Gasteiger charge is 2.25. The first-order chi connectivity index (χ1) is 15.5. The molecule has 166 valence electrons. The zero-order valence-corrected chi connectivity index (χ0v) is 18.4. The maximum Gasteiger partial charge on any atom is 0.264 e. The summed E-state index contributed by atoms with van der Waals surface area (Å²) in [6.07, 6.45) is 5.07. The van der Waals surface area contributed by atoms with Crippen LogP contribution in [-0.2, 0) is 10.0 Å². The van der Waals surface area contributed by atoms with Crippen LogP contribution in [0.15, 0.2) is 71.9 Å². The molecule has 1 aliphatic heterocycles. The Morgan fingerprint density at radius 3 is 2.28 bits per heavy atom. The summed E-state index contributed by atoms with van der Waals surface area (Å²) < 4.78 is 34.5. The summed E-state index contributed by atoms with van der Waals surface area (Å²) in [5.41, 5.74) is 1.86. The normalized spacial score (nSPS) is 13.6. The standard InChI is InChI=1S/C23H24N4O4S/c1-31-20-7-4-18(5-8-20)26-32(29,30)22-16-19(6-9-21(22)27-14-2-3-15-27)25-23(28)17-10-12-24-13-11-17/h4-13,16,26H,2-3,14-15H2,1H3,(H,25,28). The second kappa shape index (κ2) is 9.27. The van der Waals surface area contributed by atoms with Crippen LogP contribution in [0.1, 0.15) is 23.2 Å². The molecular weight excluding hydrogens is 428 g/mol. The van der Waals surface area contributed by atoms with Gasteiger partial charge in [0, 0.05) is 42.4 Å². The molecule has 2 N–H and O–H groups in total. The second-order valence-electron chi connectivity index (χ2n) is 7.40. The molecule has 0 spiro atoms. The molecule has 2 heterocycles. The molecular formula is C23H24N4O4S. The number of rotatable bonds is 7. The molecule has 9 heteroatoms. The van der Waals surface area contributed by atoms with Crippen LogP contribution in [0.3, 0.4) is 0 Å².